The first kappa shape index (κ1) is 16.2. The second-order valence-corrected chi connectivity index (χ2v) is 6.18. The average Bonchev–Trinajstić information content (AvgIpc) is 2.83. The fourth-order valence-corrected chi connectivity index (χ4v) is 2.87. The molecule has 0 spiro atoms. The van der Waals surface area contributed by atoms with E-state index in [2.05, 4.69) is 54.8 Å². The molecule has 12 heteroatoms. The third-order valence-corrected chi connectivity index (χ3v) is 4.28. The standard InChI is InChI=1S/C18H9N12/c1-2-21-17-16(20-1)23-6-13(27-17)15-22-3-10-7-30(9-26-14(10)29-15)18-24-5-11-12(28-18)4-19-8-25-11/h1-9H/q+1. The Morgan fingerprint density at radius 3 is 2.53 bits per heavy atom. The number of fused-ring (bicyclic) bond motifs is 3. The Kier molecular flexibility index (Phi) is 3.47. The maximum absolute atomic E-state index is 4.49. The van der Waals surface area contributed by atoms with Crippen molar-refractivity contribution in [2.75, 3.05) is 0 Å². The molecule has 140 valence electrons. The molecule has 0 atom stereocenters. The van der Waals surface area contributed by atoms with Crippen molar-refractivity contribution in [2.24, 2.45) is 0 Å². The lowest BCUT2D eigenvalue weighted by molar-refractivity contribution is -0.605. The minimum atomic E-state index is 0.395. The maximum atomic E-state index is 4.49. The maximum Gasteiger partial charge on any atom is 0.389 e. The Labute approximate surface area is 166 Å². The van der Waals surface area contributed by atoms with E-state index in [0.29, 0.717) is 50.8 Å². The molecule has 12 nitrogen and oxygen atoms in total. The minimum Gasteiger partial charge on any atom is -0.241 e. The van der Waals surface area contributed by atoms with E-state index in [0.717, 1.165) is 0 Å². The van der Waals surface area contributed by atoms with Crippen LogP contribution >= 0.6 is 0 Å². The van der Waals surface area contributed by atoms with Crippen LogP contribution < -0.4 is 4.57 Å². The topological polar surface area (TPSA) is 146 Å². The molecular weight excluding hydrogens is 384 g/mol. The summed E-state index contributed by atoms with van der Waals surface area (Å²) in [4.78, 5) is 47.1. The molecule has 30 heavy (non-hydrogen) atoms. The third kappa shape index (κ3) is 2.71. The molecule has 0 fully saturated rings. The smallest absolute Gasteiger partial charge is 0.241 e. The molecular formula is C18H9N12+. The number of hydrogen-bond donors (Lipinski definition) is 0. The van der Waals surface area contributed by atoms with E-state index in [1.54, 1.807) is 54.3 Å². The van der Waals surface area contributed by atoms with E-state index in [1.807, 2.05) is 0 Å². The van der Waals surface area contributed by atoms with E-state index >= 15 is 0 Å². The molecule has 0 aliphatic heterocycles. The first-order chi connectivity index (χ1) is 14.8. The second kappa shape index (κ2) is 6.41. The molecule has 0 amide bonds. The fraction of sp³-hybridized carbons (Fsp3) is 0. The average molecular weight is 393 g/mol. The van der Waals surface area contributed by atoms with E-state index < -0.39 is 0 Å². The van der Waals surface area contributed by atoms with Crippen LogP contribution in [0.2, 0.25) is 0 Å². The molecule has 0 radical (unpaired) electrons. The predicted molar refractivity (Wildman–Crippen MR) is 102 cm³/mol. The second-order valence-electron chi connectivity index (χ2n) is 6.18. The molecule has 0 bridgehead atoms. The Morgan fingerprint density at radius 2 is 1.57 bits per heavy atom. The van der Waals surface area contributed by atoms with Gasteiger partial charge in [0.25, 0.3) is 0 Å². The number of aromatic nitrogens is 12. The van der Waals surface area contributed by atoms with Gasteiger partial charge in [0.1, 0.15) is 23.7 Å². The van der Waals surface area contributed by atoms with Gasteiger partial charge in [0.2, 0.25) is 12.0 Å². The molecule has 0 aromatic carbocycles. The molecule has 6 rings (SSSR count). The number of nitrogens with zero attached hydrogens (tertiary/aromatic N) is 12. The van der Waals surface area contributed by atoms with Crippen molar-refractivity contribution in [3.8, 4) is 17.5 Å². The van der Waals surface area contributed by atoms with Crippen LogP contribution in [0.3, 0.4) is 0 Å². The summed E-state index contributed by atoms with van der Waals surface area (Å²) in [6.45, 7) is 0. The summed E-state index contributed by atoms with van der Waals surface area (Å²) in [5, 5.41) is 0.711. The molecule has 0 N–H and O–H groups in total. The van der Waals surface area contributed by atoms with Gasteiger partial charge in [-0.15, -0.1) is 15.0 Å². The van der Waals surface area contributed by atoms with E-state index in [9.17, 15) is 0 Å². The number of hydrogen-bond acceptors (Lipinski definition) is 11. The van der Waals surface area contributed by atoms with Gasteiger partial charge in [-0.3, -0.25) is 0 Å². The lowest BCUT2D eigenvalue weighted by atomic mass is 10.3. The highest BCUT2D eigenvalue weighted by Crippen LogP contribution is 2.15. The lowest BCUT2D eigenvalue weighted by Crippen LogP contribution is -2.33. The summed E-state index contributed by atoms with van der Waals surface area (Å²) in [6, 6.07) is 0. The Hall–Kier alpha value is -4.74. The van der Waals surface area contributed by atoms with E-state index in [-0.39, 0.29) is 0 Å². The third-order valence-electron chi connectivity index (χ3n) is 4.28. The van der Waals surface area contributed by atoms with E-state index in [4.69, 9.17) is 0 Å². The van der Waals surface area contributed by atoms with Gasteiger partial charge in [-0.25, -0.2) is 34.9 Å². The SMILES string of the molecule is c1ncc2nc(-[n+]3cnc4nc(-c5cnc6nccnc6n5)ncc4c3)ncc2n1. The molecule has 0 saturated heterocycles. The van der Waals surface area contributed by atoms with Crippen LogP contribution in [0.15, 0.2) is 56.0 Å². The summed E-state index contributed by atoms with van der Waals surface area (Å²) < 4.78 is 1.68. The van der Waals surface area contributed by atoms with Crippen molar-refractivity contribution in [3.05, 3.63) is 56.0 Å². The minimum absolute atomic E-state index is 0.395. The zero-order chi connectivity index (χ0) is 19.9. The van der Waals surface area contributed by atoms with Gasteiger partial charge in [-0.2, -0.15) is 9.55 Å². The zero-order valence-electron chi connectivity index (χ0n) is 15.1. The Bertz CT molecular complexity index is 1450. The largest absolute Gasteiger partial charge is 0.389 e. The highest BCUT2D eigenvalue weighted by molar-refractivity contribution is 5.75. The quantitative estimate of drug-likeness (QED) is 0.377. The van der Waals surface area contributed by atoms with Gasteiger partial charge < -0.3 is 0 Å². The molecule has 0 unspecified atom stereocenters. The van der Waals surface area contributed by atoms with Crippen LogP contribution in [0.1, 0.15) is 0 Å². The first-order valence-electron chi connectivity index (χ1n) is 8.75. The van der Waals surface area contributed by atoms with Crippen molar-refractivity contribution in [1.82, 2.24) is 54.8 Å². The van der Waals surface area contributed by atoms with Crippen molar-refractivity contribution in [3.63, 3.8) is 0 Å². The zero-order valence-corrected chi connectivity index (χ0v) is 15.1. The summed E-state index contributed by atoms with van der Waals surface area (Å²) in [5.74, 6) is 0.835. The van der Waals surface area contributed by atoms with E-state index in [1.165, 1.54) is 6.33 Å². The van der Waals surface area contributed by atoms with Crippen LogP contribution in [0, 0.1) is 0 Å². The summed E-state index contributed by atoms with van der Waals surface area (Å²) in [5.41, 5.74) is 3.18. The summed E-state index contributed by atoms with van der Waals surface area (Å²) >= 11 is 0. The van der Waals surface area contributed by atoms with Crippen molar-refractivity contribution < 1.29 is 4.57 Å². The summed E-state index contributed by atoms with van der Waals surface area (Å²) in [6.07, 6.45) is 14.5. The van der Waals surface area contributed by atoms with Crippen molar-refractivity contribution in [1.29, 1.82) is 0 Å². The molecule has 0 aliphatic carbocycles. The van der Waals surface area contributed by atoms with Crippen LogP contribution in [-0.2, 0) is 0 Å². The van der Waals surface area contributed by atoms with Gasteiger partial charge in [-0.1, -0.05) is 0 Å². The van der Waals surface area contributed by atoms with Crippen LogP contribution in [0.25, 0.3) is 50.8 Å². The highest BCUT2D eigenvalue weighted by atomic mass is 15.2. The molecule has 6 aromatic rings. The predicted octanol–water partition coefficient (Wildman–Crippen LogP) is 0.435. The molecule has 0 saturated carbocycles. The summed E-state index contributed by atoms with van der Waals surface area (Å²) in [7, 11) is 0. The normalized spacial score (nSPS) is 11.3. The van der Waals surface area contributed by atoms with Crippen LogP contribution in [0.4, 0.5) is 0 Å². The van der Waals surface area contributed by atoms with Crippen LogP contribution in [0.5, 0.6) is 0 Å². The first-order valence-corrected chi connectivity index (χ1v) is 8.75. The van der Waals surface area contributed by atoms with Gasteiger partial charge in [0.15, 0.2) is 22.6 Å². The van der Waals surface area contributed by atoms with Gasteiger partial charge >= 0.3 is 5.95 Å². The van der Waals surface area contributed by atoms with Crippen molar-refractivity contribution >= 4 is 33.4 Å². The molecule has 0 aliphatic rings. The highest BCUT2D eigenvalue weighted by Gasteiger charge is 2.14. The molecule has 6 heterocycles. The fourth-order valence-electron chi connectivity index (χ4n) is 2.87. The van der Waals surface area contributed by atoms with Gasteiger partial charge in [0.05, 0.1) is 24.0 Å². The van der Waals surface area contributed by atoms with Gasteiger partial charge in [-0.05, 0) is 0 Å². The molecule has 6 aromatic heterocycles. The van der Waals surface area contributed by atoms with Crippen molar-refractivity contribution in [2.45, 2.75) is 0 Å². The lowest BCUT2D eigenvalue weighted by Gasteiger charge is -2.02. The number of rotatable bonds is 2. The monoisotopic (exact) mass is 393 g/mol. The van der Waals surface area contributed by atoms with Gasteiger partial charge in [0, 0.05) is 18.6 Å². The van der Waals surface area contributed by atoms with Crippen LogP contribution in [-0.4, -0.2) is 54.8 Å². The Morgan fingerprint density at radius 1 is 0.633 bits per heavy atom. The Balaban J connectivity index is 1.41.